The number of ether oxygens (including phenoxy) is 1. The van der Waals surface area contributed by atoms with Gasteiger partial charge in [0.15, 0.2) is 0 Å². The highest BCUT2D eigenvalue weighted by Crippen LogP contribution is 2.32. The Kier molecular flexibility index (Phi) is 5.22. The smallest absolute Gasteiger partial charge is 0.124 e. The van der Waals surface area contributed by atoms with Gasteiger partial charge in [-0.25, -0.2) is 9.37 Å². The largest absolute Gasteiger partial charge is 0.491 e. The molecule has 0 bridgehead atoms. The molecule has 0 spiro atoms. The molecule has 1 aromatic heterocycles. The molecule has 2 aromatic rings. The summed E-state index contributed by atoms with van der Waals surface area (Å²) < 4.78 is 18.5. The van der Waals surface area contributed by atoms with Gasteiger partial charge in [-0.05, 0) is 69.3 Å². The van der Waals surface area contributed by atoms with Crippen molar-refractivity contribution in [3.8, 4) is 5.75 Å². The van der Waals surface area contributed by atoms with Gasteiger partial charge < -0.3 is 14.8 Å². The van der Waals surface area contributed by atoms with Gasteiger partial charge in [0.05, 0.1) is 11.7 Å². The van der Waals surface area contributed by atoms with Crippen molar-refractivity contribution in [2.75, 3.05) is 19.7 Å². The van der Waals surface area contributed by atoms with Crippen LogP contribution in [0.2, 0.25) is 0 Å². The first-order chi connectivity index (χ1) is 12.7. The summed E-state index contributed by atoms with van der Waals surface area (Å²) in [6.07, 6.45) is 6.23. The molecule has 2 heterocycles. The van der Waals surface area contributed by atoms with E-state index in [2.05, 4.69) is 9.88 Å². The zero-order valence-electron chi connectivity index (χ0n) is 15.0. The number of nitrogens with zero attached hydrogens (tertiary/aromatic N) is 2. The summed E-state index contributed by atoms with van der Waals surface area (Å²) in [7, 11) is 0. The number of hydrogen-bond acceptors (Lipinski definition) is 4. The summed E-state index contributed by atoms with van der Waals surface area (Å²) in [5.74, 6) is 1.34. The molecule has 0 radical (unpaired) electrons. The van der Waals surface area contributed by atoms with Crippen LogP contribution >= 0.6 is 0 Å². The molecule has 1 aromatic carbocycles. The lowest BCUT2D eigenvalue weighted by Gasteiger charge is -2.25. The van der Waals surface area contributed by atoms with E-state index in [1.807, 2.05) is 0 Å². The number of aliphatic hydroxyl groups excluding tert-OH is 1. The van der Waals surface area contributed by atoms with Gasteiger partial charge in [0.1, 0.15) is 30.1 Å². The summed E-state index contributed by atoms with van der Waals surface area (Å²) in [5, 5.41) is 10.4. The summed E-state index contributed by atoms with van der Waals surface area (Å²) in [5.41, 5.74) is 2.54. The Morgan fingerprint density at radius 3 is 2.85 bits per heavy atom. The zero-order chi connectivity index (χ0) is 17.9. The third-order valence-electron chi connectivity index (χ3n) is 5.35. The van der Waals surface area contributed by atoms with Crippen molar-refractivity contribution >= 4 is 0 Å². The lowest BCUT2D eigenvalue weighted by molar-refractivity contribution is 0.0628. The number of aryl methyl sites for hydroxylation is 2. The zero-order valence-corrected chi connectivity index (χ0v) is 15.0. The maximum atomic E-state index is 12.9. The molecule has 1 saturated heterocycles. The van der Waals surface area contributed by atoms with E-state index in [-0.39, 0.29) is 18.5 Å². The molecule has 4 rings (SSSR count). The van der Waals surface area contributed by atoms with Crippen LogP contribution in [-0.4, -0.2) is 45.8 Å². The van der Waals surface area contributed by atoms with E-state index in [0.29, 0.717) is 12.3 Å². The highest BCUT2D eigenvalue weighted by atomic mass is 19.1. The average Bonchev–Trinajstić information content (AvgIpc) is 3.27. The number of halogens is 1. The van der Waals surface area contributed by atoms with Crippen molar-refractivity contribution in [2.24, 2.45) is 0 Å². The van der Waals surface area contributed by atoms with E-state index in [1.165, 1.54) is 36.4 Å². The number of benzene rings is 1. The molecule has 5 nitrogen and oxygen atoms in total. The Bertz CT molecular complexity index is 708. The highest BCUT2D eigenvalue weighted by Gasteiger charge is 2.31. The molecule has 6 heteroatoms. The molecular weight excluding hydrogens is 333 g/mol. The lowest BCUT2D eigenvalue weighted by atomic mass is 10.0. The van der Waals surface area contributed by atoms with Crippen LogP contribution in [0.3, 0.4) is 0 Å². The maximum absolute atomic E-state index is 12.9. The lowest BCUT2D eigenvalue weighted by Crippen LogP contribution is -2.35. The molecule has 2 aliphatic rings. The number of likely N-dealkylation sites (tertiary alicyclic amines) is 1. The van der Waals surface area contributed by atoms with E-state index in [4.69, 9.17) is 9.72 Å². The Morgan fingerprint density at radius 1 is 1.23 bits per heavy atom. The van der Waals surface area contributed by atoms with Crippen LogP contribution in [0.15, 0.2) is 24.3 Å². The summed E-state index contributed by atoms with van der Waals surface area (Å²) in [6, 6.07) is 6.12. The number of nitrogens with one attached hydrogen (secondary N) is 1. The molecule has 1 aliphatic heterocycles. The number of H-pyrrole nitrogens is 1. The third kappa shape index (κ3) is 3.91. The summed E-state index contributed by atoms with van der Waals surface area (Å²) in [4.78, 5) is 10.7. The number of rotatable bonds is 6. The Morgan fingerprint density at radius 2 is 2.04 bits per heavy atom. The Hall–Kier alpha value is -1.92. The second-order valence-corrected chi connectivity index (χ2v) is 7.33. The molecule has 1 fully saturated rings. The van der Waals surface area contributed by atoms with Crippen LogP contribution in [0.1, 0.15) is 48.9 Å². The second kappa shape index (κ2) is 7.76. The number of imidazole rings is 1. The van der Waals surface area contributed by atoms with Crippen LogP contribution in [0.4, 0.5) is 4.39 Å². The van der Waals surface area contributed by atoms with Crippen LogP contribution < -0.4 is 4.74 Å². The second-order valence-electron chi connectivity index (χ2n) is 7.33. The minimum Gasteiger partial charge on any atom is -0.491 e. The standard InChI is InChI=1S/C20H26FN3O2/c21-14-7-9-16(10-8-14)26-13-15(25)12-24-11-3-6-19(24)20-22-17-4-1-2-5-18(17)23-20/h7-10,15,19,25H,1-6,11-13H2,(H,22,23). The van der Waals surface area contributed by atoms with Crippen molar-refractivity contribution < 1.29 is 14.2 Å². The monoisotopic (exact) mass is 359 g/mol. The van der Waals surface area contributed by atoms with E-state index >= 15 is 0 Å². The number of aliphatic hydroxyl groups is 1. The first-order valence-corrected chi connectivity index (χ1v) is 9.57. The number of aromatic amines is 1. The van der Waals surface area contributed by atoms with Gasteiger partial charge in [-0.3, -0.25) is 4.90 Å². The van der Waals surface area contributed by atoms with Gasteiger partial charge >= 0.3 is 0 Å². The van der Waals surface area contributed by atoms with Crippen LogP contribution in [0.5, 0.6) is 5.75 Å². The molecule has 0 amide bonds. The molecule has 0 saturated carbocycles. The first kappa shape index (κ1) is 17.5. The van der Waals surface area contributed by atoms with Crippen LogP contribution in [0, 0.1) is 5.82 Å². The molecule has 2 N–H and O–H groups in total. The van der Waals surface area contributed by atoms with E-state index in [9.17, 15) is 9.50 Å². The van der Waals surface area contributed by atoms with Crippen molar-refractivity contribution in [3.63, 3.8) is 0 Å². The fourth-order valence-corrected chi connectivity index (χ4v) is 4.03. The molecular formula is C20H26FN3O2. The minimum absolute atomic E-state index is 0.198. The van der Waals surface area contributed by atoms with E-state index in [1.54, 1.807) is 12.1 Å². The SMILES string of the molecule is OC(COc1ccc(F)cc1)CN1CCCC1c1nc2c([nH]1)CCCC2. The van der Waals surface area contributed by atoms with Gasteiger partial charge in [0.25, 0.3) is 0 Å². The fraction of sp³-hybridized carbons (Fsp3) is 0.550. The van der Waals surface area contributed by atoms with Gasteiger partial charge in [-0.2, -0.15) is 0 Å². The Balaban J connectivity index is 1.34. The first-order valence-electron chi connectivity index (χ1n) is 9.57. The molecule has 2 unspecified atom stereocenters. The van der Waals surface area contributed by atoms with E-state index in [0.717, 1.165) is 38.1 Å². The van der Waals surface area contributed by atoms with Crippen molar-refractivity contribution in [1.29, 1.82) is 0 Å². The van der Waals surface area contributed by atoms with Crippen LogP contribution in [0.25, 0.3) is 0 Å². The number of β-amino-alcohol motifs (C(OH)–C–C–N with tert-alkyl or cyclic N) is 1. The maximum Gasteiger partial charge on any atom is 0.124 e. The van der Waals surface area contributed by atoms with Gasteiger partial charge in [0.2, 0.25) is 0 Å². The predicted molar refractivity (Wildman–Crippen MR) is 96.7 cm³/mol. The van der Waals surface area contributed by atoms with Crippen LogP contribution in [-0.2, 0) is 12.8 Å². The van der Waals surface area contributed by atoms with Gasteiger partial charge in [0, 0.05) is 12.2 Å². The van der Waals surface area contributed by atoms with Gasteiger partial charge in [-0.1, -0.05) is 0 Å². The van der Waals surface area contributed by atoms with Crippen molar-refractivity contribution in [1.82, 2.24) is 14.9 Å². The summed E-state index contributed by atoms with van der Waals surface area (Å²) in [6.45, 7) is 1.71. The quantitative estimate of drug-likeness (QED) is 0.832. The summed E-state index contributed by atoms with van der Waals surface area (Å²) >= 11 is 0. The number of hydrogen-bond donors (Lipinski definition) is 2. The number of fused-ring (bicyclic) bond motifs is 1. The fourth-order valence-electron chi connectivity index (χ4n) is 4.03. The Labute approximate surface area is 153 Å². The molecule has 2 atom stereocenters. The minimum atomic E-state index is -0.592. The molecule has 1 aliphatic carbocycles. The normalized spacial score (nSPS) is 21.5. The molecule has 26 heavy (non-hydrogen) atoms. The van der Waals surface area contributed by atoms with Gasteiger partial charge in [-0.15, -0.1) is 0 Å². The number of aromatic nitrogens is 2. The van der Waals surface area contributed by atoms with E-state index < -0.39 is 6.10 Å². The van der Waals surface area contributed by atoms with Crippen molar-refractivity contribution in [2.45, 2.75) is 50.7 Å². The predicted octanol–water partition coefficient (Wildman–Crippen LogP) is 3.00. The van der Waals surface area contributed by atoms with Crippen molar-refractivity contribution in [3.05, 3.63) is 47.3 Å². The third-order valence-corrected chi connectivity index (χ3v) is 5.35. The topological polar surface area (TPSA) is 61.4 Å². The molecule has 140 valence electrons. The highest BCUT2D eigenvalue weighted by molar-refractivity contribution is 5.22. The average molecular weight is 359 g/mol.